The third-order valence-corrected chi connectivity index (χ3v) is 7.04. The SMILES string of the molecule is Cc1cc(N2CCCC2)ccc1CCN1CC(=O)N(c2ccc(-c3ccc(Cl)cc3)cc2)C1=O. The summed E-state index contributed by atoms with van der Waals surface area (Å²) in [6, 6.07) is 21.4. The van der Waals surface area contributed by atoms with Crippen LogP contribution in [0.5, 0.6) is 0 Å². The minimum Gasteiger partial charge on any atom is -0.372 e. The molecule has 0 N–H and O–H groups in total. The van der Waals surface area contributed by atoms with Gasteiger partial charge >= 0.3 is 6.03 Å². The van der Waals surface area contributed by atoms with Gasteiger partial charge in [-0.3, -0.25) is 4.79 Å². The first kappa shape index (κ1) is 22.5. The predicted octanol–water partition coefficient (Wildman–Crippen LogP) is 5.93. The van der Waals surface area contributed by atoms with Crippen molar-refractivity contribution in [3.8, 4) is 11.1 Å². The summed E-state index contributed by atoms with van der Waals surface area (Å²) >= 11 is 5.98. The fourth-order valence-corrected chi connectivity index (χ4v) is 4.94. The molecule has 2 fully saturated rings. The second-order valence-corrected chi connectivity index (χ2v) is 9.48. The summed E-state index contributed by atoms with van der Waals surface area (Å²) in [6.45, 7) is 5.01. The highest BCUT2D eigenvalue weighted by Gasteiger charge is 2.36. The number of carbonyl (C=O) groups excluding carboxylic acids is 2. The molecule has 34 heavy (non-hydrogen) atoms. The van der Waals surface area contributed by atoms with Crippen molar-refractivity contribution < 1.29 is 9.59 Å². The number of rotatable bonds is 6. The number of nitrogens with zero attached hydrogens (tertiary/aromatic N) is 3. The lowest BCUT2D eigenvalue weighted by Crippen LogP contribution is -2.34. The van der Waals surface area contributed by atoms with Gasteiger partial charge in [-0.15, -0.1) is 0 Å². The first-order valence-corrected chi connectivity index (χ1v) is 12.2. The minimum absolute atomic E-state index is 0.114. The summed E-state index contributed by atoms with van der Waals surface area (Å²) in [4.78, 5) is 31.1. The Balaban J connectivity index is 1.24. The molecular weight excluding hydrogens is 446 g/mol. The summed E-state index contributed by atoms with van der Waals surface area (Å²) in [5.41, 5.74) is 6.36. The number of anilines is 2. The van der Waals surface area contributed by atoms with Crippen LogP contribution in [0.4, 0.5) is 16.2 Å². The highest BCUT2D eigenvalue weighted by atomic mass is 35.5. The maximum absolute atomic E-state index is 13.1. The van der Waals surface area contributed by atoms with Gasteiger partial charge in [-0.25, -0.2) is 9.69 Å². The van der Waals surface area contributed by atoms with Crippen molar-refractivity contribution in [1.82, 2.24) is 4.90 Å². The average molecular weight is 474 g/mol. The van der Waals surface area contributed by atoms with Gasteiger partial charge in [-0.2, -0.15) is 0 Å². The summed E-state index contributed by atoms with van der Waals surface area (Å²) in [6.07, 6.45) is 3.24. The maximum Gasteiger partial charge on any atom is 0.331 e. The topological polar surface area (TPSA) is 43.9 Å². The zero-order valence-electron chi connectivity index (χ0n) is 19.3. The first-order valence-electron chi connectivity index (χ1n) is 11.8. The lowest BCUT2D eigenvalue weighted by atomic mass is 10.0. The molecule has 174 valence electrons. The van der Waals surface area contributed by atoms with Crippen molar-refractivity contribution >= 4 is 34.9 Å². The molecule has 0 saturated carbocycles. The Morgan fingerprint density at radius 3 is 2.09 bits per heavy atom. The normalized spacial score (nSPS) is 16.1. The van der Waals surface area contributed by atoms with E-state index in [0.29, 0.717) is 17.3 Å². The van der Waals surface area contributed by atoms with Gasteiger partial charge in [0.25, 0.3) is 5.91 Å². The second kappa shape index (κ2) is 9.51. The van der Waals surface area contributed by atoms with Gasteiger partial charge in [0.05, 0.1) is 5.69 Å². The summed E-state index contributed by atoms with van der Waals surface area (Å²) < 4.78 is 0. The number of hydrogen-bond donors (Lipinski definition) is 0. The number of hydrogen-bond acceptors (Lipinski definition) is 3. The monoisotopic (exact) mass is 473 g/mol. The van der Waals surface area contributed by atoms with Gasteiger partial charge < -0.3 is 9.80 Å². The lowest BCUT2D eigenvalue weighted by Gasteiger charge is -2.20. The standard InChI is InChI=1S/C28H28ClN3O2/c1-20-18-26(30-15-2-3-16-30)13-6-21(20)14-17-31-19-27(33)32(28(31)34)25-11-7-23(8-12-25)22-4-9-24(29)10-5-22/h4-13,18H,2-3,14-17,19H2,1H3. The van der Waals surface area contributed by atoms with Gasteiger partial charge in [-0.05, 0) is 84.8 Å². The third kappa shape index (κ3) is 4.53. The molecule has 0 aromatic heterocycles. The highest BCUT2D eigenvalue weighted by molar-refractivity contribution is 6.30. The molecule has 0 unspecified atom stereocenters. The van der Waals surface area contributed by atoms with Crippen LogP contribution < -0.4 is 9.80 Å². The van der Waals surface area contributed by atoms with Crippen molar-refractivity contribution in [3.05, 3.63) is 82.9 Å². The van der Waals surface area contributed by atoms with Crippen LogP contribution in [-0.4, -0.2) is 43.0 Å². The van der Waals surface area contributed by atoms with Gasteiger partial charge in [0, 0.05) is 30.3 Å². The Labute approximate surface area is 205 Å². The molecule has 3 aromatic rings. The Morgan fingerprint density at radius 2 is 1.44 bits per heavy atom. The van der Waals surface area contributed by atoms with Crippen molar-refractivity contribution in [3.63, 3.8) is 0 Å². The molecule has 2 saturated heterocycles. The van der Waals surface area contributed by atoms with E-state index in [1.807, 2.05) is 48.5 Å². The van der Waals surface area contributed by atoms with Crippen LogP contribution in [0.2, 0.25) is 5.02 Å². The summed E-state index contributed by atoms with van der Waals surface area (Å²) in [7, 11) is 0. The van der Waals surface area contributed by atoms with Crippen LogP contribution in [0.15, 0.2) is 66.7 Å². The van der Waals surface area contributed by atoms with Crippen LogP contribution in [0, 0.1) is 6.92 Å². The van der Waals surface area contributed by atoms with E-state index in [-0.39, 0.29) is 18.5 Å². The van der Waals surface area contributed by atoms with Crippen molar-refractivity contribution in [1.29, 1.82) is 0 Å². The maximum atomic E-state index is 13.1. The van der Waals surface area contributed by atoms with Crippen LogP contribution in [0.3, 0.4) is 0 Å². The molecule has 3 amide bonds. The number of imide groups is 1. The number of benzene rings is 3. The molecule has 6 heteroatoms. The van der Waals surface area contributed by atoms with E-state index in [2.05, 4.69) is 30.0 Å². The van der Waals surface area contributed by atoms with E-state index in [4.69, 9.17) is 11.6 Å². The molecule has 0 aliphatic carbocycles. The zero-order valence-corrected chi connectivity index (χ0v) is 20.1. The van der Waals surface area contributed by atoms with Crippen LogP contribution in [0.25, 0.3) is 11.1 Å². The lowest BCUT2D eigenvalue weighted by molar-refractivity contribution is -0.116. The van der Waals surface area contributed by atoms with E-state index in [0.717, 1.165) is 30.6 Å². The van der Waals surface area contributed by atoms with Gasteiger partial charge in [0.1, 0.15) is 6.54 Å². The number of amides is 3. The Hall–Kier alpha value is -3.31. The number of halogens is 1. The molecular formula is C28H28ClN3O2. The third-order valence-electron chi connectivity index (χ3n) is 6.79. The van der Waals surface area contributed by atoms with E-state index in [9.17, 15) is 9.59 Å². The molecule has 5 rings (SSSR count). The van der Waals surface area contributed by atoms with Crippen LogP contribution in [-0.2, 0) is 11.2 Å². The van der Waals surface area contributed by atoms with Crippen LogP contribution in [0.1, 0.15) is 24.0 Å². The fourth-order valence-electron chi connectivity index (χ4n) is 4.81. The molecule has 0 spiro atoms. The first-order chi connectivity index (χ1) is 16.5. The quantitative estimate of drug-likeness (QED) is 0.417. The van der Waals surface area contributed by atoms with E-state index in [1.165, 1.54) is 34.6 Å². The number of carbonyl (C=O) groups is 2. The smallest absolute Gasteiger partial charge is 0.331 e. The zero-order chi connectivity index (χ0) is 23.7. The summed E-state index contributed by atoms with van der Waals surface area (Å²) in [5.74, 6) is -0.189. The van der Waals surface area contributed by atoms with Gasteiger partial charge in [0.2, 0.25) is 0 Å². The van der Waals surface area contributed by atoms with Gasteiger partial charge in [0.15, 0.2) is 0 Å². The molecule has 0 radical (unpaired) electrons. The largest absolute Gasteiger partial charge is 0.372 e. The molecule has 0 atom stereocenters. The van der Waals surface area contributed by atoms with Crippen LogP contribution >= 0.6 is 11.6 Å². The number of urea groups is 1. The van der Waals surface area contributed by atoms with E-state index in [1.54, 1.807) is 4.90 Å². The van der Waals surface area contributed by atoms with E-state index >= 15 is 0 Å². The summed E-state index contributed by atoms with van der Waals surface area (Å²) in [5, 5.41) is 0.687. The molecule has 3 aromatic carbocycles. The molecule has 2 aliphatic rings. The predicted molar refractivity (Wildman–Crippen MR) is 138 cm³/mol. The van der Waals surface area contributed by atoms with E-state index < -0.39 is 0 Å². The number of aryl methyl sites for hydroxylation is 1. The Morgan fingerprint density at radius 1 is 0.824 bits per heavy atom. The molecule has 0 bridgehead atoms. The Kier molecular flexibility index (Phi) is 6.29. The Bertz CT molecular complexity index is 1200. The molecule has 2 heterocycles. The van der Waals surface area contributed by atoms with Gasteiger partial charge in [-0.1, -0.05) is 41.9 Å². The minimum atomic E-state index is -0.254. The average Bonchev–Trinajstić information content (AvgIpc) is 3.47. The van der Waals surface area contributed by atoms with Crippen molar-refractivity contribution in [2.45, 2.75) is 26.2 Å². The molecule has 5 nitrogen and oxygen atoms in total. The second-order valence-electron chi connectivity index (χ2n) is 9.04. The van der Waals surface area contributed by atoms with Crippen molar-refractivity contribution in [2.24, 2.45) is 0 Å². The highest BCUT2D eigenvalue weighted by Crippen LogP contribution is 2.28. The molecule has 2 aliphatic heterocycles. The van der Waals surface area contributed by atoms with Crippen molar-refractivity contribution in [2.75, 3.05) is 36.0 Å². The fraction of sp³-hybridized carbons (Fsp3) is 0.286.